The summed E-state index contributed by atoms with van der Waals surface area (Å²) in [7, 11) is -11.1. The summed E-state index contributed by atoms with van der Waals surface area (Å²) in [6, 6.07) is 32.0. The number of nitrogens with two attached hydrogens (primary N) is 2. The van der Waals surface area contributed by atoms with Gasteiger partial charge in [0.2, 0.25) is 11.8 Å². The summed E-state index contributed by atoms with van der Waals surface area (Å²) >= 11 is 0. The molecule has 0 radical (unpaired) electrons. The van der Waals surface area contributed by atoms with Crippen LogP contribution in [-0.4, -0.2) is 141 Å². The smallest absolute Gasteiger partial charge is 0.281 e. The topological polar surface area (TPSA) is 379 Å². The molecule has 7 aromatic heterocycles. The van der Waals surface area contributed by atoms with E-state index in [1.54, 1.807) is 62.0 Å². The van der Waals surface area contributed by atoms with Crippen LogP contribution in [-0.2, 0) is 46.8 Å². The molecule has 588 valence electrons. The van der Waals surface area contributed by atoms with E-state index in [-0.39, 0.29) is 84.0 Å². The second kappa shape index (κ2) is 33.2. The molecule has 2 unspecified atom stereocenters. The average Bonchev–Trinajstić information content (AvgIpc) is 1.56. The van der Waals surface area contributed by atoms with Crippen molar-refractivity contribution in [3.05, 3.63) is 167 Å². The molecule has 3 amide bonds. The summed E-state index contributed by atoms with van der Waals surface area (Å²) in [4.78, 5) is 76.7. The van der Waals surface area contributed by atoms with Crippen molar-refractivity contribution in [3.63, 3.8) is 0 Å². The van der Waals surface area contributed by atoms with Gasteiger partial charge in [0.15, 0.2) is 15.1 Å². The molecule has 3 aliphatic heterocycles. The van der Waals surface area contributed by atoms with Crippen molar-refractivity contribution in [2.75, 3.05) is 66.1 Å². The van der Waals surface area contributed by atoms with Gasteiger partial charge in [-0.15, -0.1) is 0 Å². The molecule has 1 aromatic carbocycles. The van der Waals surface area contributed by atoms with Crippen molar-refractivity contribution >= 4 is 76.9 Å². The Balaban J connectivity index is 0.000000177. The van der Waals surface area contributed by atoms with Gasteiger partial charge in [-0.25, -0.2) is 44.1 Å². The third kappa shape index (κ3) is 19.9. The Morgan fingerprint density at radius 3 is 1.64 bits per heavy atom. The number of methoxy groups -OCH3 is 1. The van der Waals surface area contributed by atoms with E-state index in [0.717, 1.165) is 54.7 Å². The maximum absolute atomic E-state index is 13.4. The SMILES string of the molecule is CC(C)(C)c1ccc(C(=O)NS(=O)(=O)c2cccc(N)n2)c(N2CCC(C3CC3)C2(C)C)n1.COc1cccc(COc2cccc(S(=O)(=O)NC(=O)c3cccnc3N3CC(C)CC3(C)C)n2)c1.Cc1cc(-c2ccc(C(=O)NS(=O)(=O)c3cccc(N)n3)c(N3C[C@@H](C)CC3(C)C)n2)cnc1OCCOC(C)C. The first-order chi connectivity index (χ1) is 51.7. The predicted molar refractivity (Wildman–Crippen MR) is 421 cm³/mol. The molecule has 4 fully saturated rings. The Bertz CT molecular complexity index is 5050. The molecule has 1 aliphatic carbocycles. The lowest BCUT2D eigenvalue weighted by Gasteiger charge is -2.38. The number of nitrogen functional groups attached to an aromatic ring is 2. The van der Waals surface area contributed by atoms with E-state index in [0.29, 0.717) is 78.2 Å². The van der Waals surface area contributed by atoms with Gasteiger partial charge in [0.25, 0.3) is 47.8 Å². The molecule has 0 spiro atoms. The van der Waals surface area contributed by atoms with Crippen molar-refractivity contribution < 1.29 is 58.6 Å². The highest BCUT2D eigenvalue weighted by molar-refractivity contribution is 7.90. The predicted octanol–water partition coefficient (Wildman–Crippen LogP) is 11.3. The number of amides is 3. The molecule has 7 N–H and O–H groups in total. The molecular weight excluding hydrogens is 1460 g/mol. The van der Waals surface area contributed by atoms with Gasteiger partial charge in [0.05, 0.1) is 42.2 Å². The Kier molecular flexibility index (Phi) is 24.9. The van der Waals surface area contributed by atoms with E-state index in [1.807, 2.05) is 51.1 Å². The third-order valence-electron chi connectivity index (χ3n) is 19.7. The summed E-state index contributed by atoms with van der Waals surface area (Å²) in [5, 5.41) is -0.960. The minimum Gasteiger partial charge on any atom is -0.497 e. The molecule has 12 rings (SSSR count). The van der Waals surface area contributed by atoms with Gasteiger partial charge in [-0.3, -0.25) is 14.4 Å². The molecular formula is C79H101N15O13S3. The van der Waals surface area contributed by atoms with E-state index in [1.165, 1.54) is 61.4 Å². The molecule has 31 heteroatoms. The second-order valence-corrected chi connectivity index (χ2v) is 36.3. The number of carbonyl (C=O) groups excluding carboxylic acids is 3. The fourth-order valence-corrected chi connectivity index (χ4v) is 17.2. The van der Waals surface area contributed by atoms with Crippen LogP contribution in [0.4, 0.5) is 29.1 Å². The fraction of sp³-hybridized carbons (Fsp3) is 0.443. The van der Waals surface area contributed by atoms with Crippen LogP contribution in [0.2, 0.25) is 0 Å². The van der Waals surface area contributed by atoms with Gasteiger partial charge in [-0.1, -0.05) is 65.0 Å². The number of hydrogen-bond donors (Lipinski definition) is 5. The first-order valence-corrected chi connectivity index (χ1v) is 41.0. The number of aromatic nitrogens is 7. The van der Waals surface area contributed by atoms with Crippen LogP contribution in [0.3, 0.4) is 0 Å². The Labute approximate surface area is 645 Å². The molecule has 28 nitrogen and oxygen atoms in total. The molecule has 0 bridgehead atoms. The van der Waals surface area contributed by atoms with Gasteiger partial charge >= 0.3 is 0 Å². The van der Waals surface area contributed by atoms with Gasteiger partial charge in [0, 0.05) is 76.9 Å². The molecule has 110 heavy (non-hydrogen) atoms. The zero-order chi connectivity index (χ0) is 80.1. The van der Waals surface area contributed by atoms with Gasteiger partial charge in [0.1, 0.15) is 48.1 Å². The summed E-state index contributed by atoms with van der Waals surface area (Å²) in [6.07, 6.45) is 8.75. The summed E-state index contributed by atoms with van der Waals surface area (Å²) in [6.45, 7) is 32.2. The molecule has 3 saturated heterocycles. The van der Waals surface area contributed by atoms with E-state index >= 15 is 0 Å². The average molecular weight is 1560 g/mol. The van der Waals surface area contributed by atoms with Crippen LogP contribution < -0.4 is 54.5 Å². The lowest BCUT2D eigenvalue weighted by molar-refractivity contribution is 0.0541. The number of aryl methyl sites for hydroxylation is 1. The van der Waals surface area contributed by atoms with E-state index in [2.05, 4.69) is 130 Å². The fourth-order valence-electron chi connectivity index (χ4n) is 14.4. The normalized spacial score (nSPS) is 18.0. The first kappa shape index (κ1) is 82.4. The number of anilines is 5. The first-order valence-electron chi connectivity index (χ1n) is 36.6. The molecule has 1 saturated carbocycles. The van der Waals surface area contributed by atoms with Crippen LogP contribution in [0.1, 0.15) is 170 Å². The molecule has 4 aliphatic rings. The summed E-state index contributed by atoms with van der Waals surface area (Å²) in [5.74, 6) is 2.50. The maximum atomic E-state index is 13.4. The van der Waals surface area contributed by atoms with Gasteiger partial charge in [-0.05, 0) is 209 Å². The lowest BCUT2D eigenvalue weighted by Crippen LogP contribution is -2.45. The second-order valence-electron chi connectivity index (χ2n) is 31.4. The zero-order valence-electron chi connectivity index (χ0n) is 65.0. The Morgan fingerprint density at radius 1 is 0.591 bits per heavy atom. The number of rotatable bonds is 23. The van der Waals surface area contributed by atoms with Crippen molar-refractivity contribution in [3.8, 4) is 28.8 Å². The highest BCUT2D eigenvalue weighted by atomic mass is 32.2. The van der Waals surface area contributed by atoms with E-state index in [9.17, 15) is 39.6 Å². The number of sulfonamides is 3. The number of carbonyl (C=O) groups is 3. The van der Waals surface area contributed by atoms with E-state index in [4.69, 9.17) is 40.4 Å². The molecule has 10 heterocycles. The lowest BCUT2D eigenvalue weighted by atomic mass is 9.84. The van der Waals surface area contributed by atoms with Crippen LogP contribution in [0, 0.1) is 30.6 Å². The van der Waals surface area contributed by atoms with Crippen LogP contribution in [0.15, 0.2) is 149 Å². The van der Waals surface area contributed by atoms with E-state index < -0.39 is 47.8 Å². The summed E-state index contributed by atoms with van der Waals surface area (Å²) in [5.41, 5.74) is 14.8. The number of benzene rings is 1. The number of hydrogen-bond acceptors (Lipinski definition) is 25. The highest BCUT2D eigenvalue weighted by Gasteiger charge is 2.50. The highest BCUT2D eigenvalue weighted by Crippen LogP contribution is 2.51. The standard InChI is InChI=1S/C29H38N6O5S.C26H30N4O5S.C24H33N5O3S/c1-18(2)39-12-13-40-28-20(4)14-21(16-31-28)23-11-10-22(26(32-23)35-17-19(3)15-29(35,5)6)27(36)34-41(37,38)25-9-7-8-24(30)33-25;1-18-15-26(2,3)30(16-18)24-21(10-7-13-27-24)25(31)29-36(32,33)23-12-6-11-22(28-23)35-17-19-8-5-9-20(14-19)34-4;1-23(2,3)18-12-11-16(22(30)28-33(31,32)20-8-6-7-19(25)27-20)21(26-18)29-14-13-17(15-9-10-15)24(29,4)5/h7-11,14,16,18-19H,12-13,15,17H2,1-6H3,(H2,30,33)(H,34,36);5-14,18H,15-17H2,1-4H3,(H,29,31);6-8,11-12,15,17H,9-10,13-14H2,1-5H3,(H2,25,27)(H,28,30)/t19-;;/m0../s1. The minimum absolute atomic E-state index is 0.0315. The molecule has 8 aromatic rings. The Morgan fingerprint density at radius 2 is 1.12 bits per heavy atom. The van der Waals surface area contributed by atoms with Crippen molar-refractivity contribution in [2.24, 2.45) is 23.7 Å². The molecule has 3 atom stereocenters. The van der Waals surface area contributed by atoms with Crippen molar-refractivity contribution in [1.29, 1.82) is 0 Å². The third-order valence-corrected chi connectivity index (χ3v) is 23.4. The Hall–Kier alpha value is -10.1. The zero-order valence-corrected chi connectivity index (χ0v) is 67.5. The van der Waals surface area contributed by atoms with Crippen LogP contribution in [0.5, 0.6) is 17.5 Å². The number of nitrogens with zero attached hydrogens (tertiary/aromatic N) is 10. The number of ether oxygens (including phenoxy) is 4. The van der Waals surface area contributed by atoms with Crippen LogP contribution in [0.25, 0.3) is 11.3 Å². The van der Waals surface area contributed by atoms with Gasteiger partial charge < -0.3 is 45.1 Å². The monoisotopic (exact) mass is 1560 g/mol. The number of nitrogens with one attached hydrogen (secondary N) is 3. The number of pyridine rings is 7. The minimum atomic E-state index is -4.27. The largest absolute Gasteiger partial charge is 0.497 e. The summed E-state index contributed by atoms with van der Waals surface area (Å²) < 4.78 is 106. The van der Waals surface area contributed by atoms with Crippen molar-refractivity contribution in [1.82, 2.24) is 49.1 Å². The van der Waals surface area contributed by atoms with Gasteiger partial charge in [-0.2, -0.15) is 30.2 Å². The maximum Gasteiger partial charge on any atom is 0.281 e. The quantitative estimate of drug-likeness (QED) is 0.0371. The van der Waals surface area contributed by atoms with Crippen molar-refractivity contribution in [2.45, 2.75) is 179 Å². The van der Waals surface area contributed by atoms with Crippen LogP contribution >= 0.6 is 0 Å².